The molecule has 2 aromatic carbocycles. The lowest BCUT2D eigenvalue weighted by molar-refractivity contribution is 0.288. The number of unbranched alkanes of at least 4 members (excludes halogenated alkanes) is 8. The van der Waals surface area contributed by atoms with Gasteiger partial charge in [-0.1, -0.05) is 77.3 Å². The van der Waals surface area contributed by atoms with Crippen LogP contribution in [0.15, 0.2) is 24.3 Å². The van der Waals surface area contributed by atoms with Crippen molar-refractivity contribution in [3.8, 4) is 22.6 Å². The third-order valence-electron chi connectivity index (χ3n) is 6.34. The lowest BCUT2D eigenvalue weighted by Gasteiger charge is -2.23. The summed E-state index contributed by atoms with van der Waals surface area (Å²) in [6.07, 6.45) is 12.6. The Labute approximate surface area is 192 Å². The van der Waals surface area contributed by atoms with Gasteiger partial charge in [0.15, 0.2) is 23.1 Å². The van der Waals surface area contributed by atoms with Gasteiger partial charge in [0, 0.05) is 0 Å². The van der Waals surface area contributed by atoms with E-state index in [0.29, 0.717) is 48.7 Å². The Bertz CT molecular complexity index is 863. The van der Waals surface area contributed by atoms with Crippen LogP contribution in [0.1, 0.15) is 89.2 Å². The second-order valence-corrected chi connectivity index (χ2v) is 8.83. The average Bonchev–Trinajstić information content (AvgIpc) is 2.80. The molecule has 0 spiro atoms. The highest BCUT2D eigenvalue weighted by Crippen LogP contribution is 2.40. The van der Waals surface area contributed by atoms with Gasteiger partial charge in [0.1, 0.15) is 0 Å². The molecule has 2 aromatic rings. The van der Waals surface area contributed by atoms with Gasteiger partial charge in [-0.25, -0.2) is 8.78 Å². The van der Waals surface area contributed by atoms with Crippen LogP contribution in [0.25, 0.3) is 11.1 Å². The molecule has 3 rings (SSSR count). The van der Waals surface area contributed by atoms with Crippen LogP contribution < -0.4 is 9.47 Å². The van der Waals surface area contributed by atoms with Crippen LogP contribution in [0, 0.1) is 11.6 Å². The van der Waals surface area contributed by atoms with Crippen molar-refractivity contribution in [1.82, 2.24) is 0 Å². The van der Waals surface area contributed by atoms with E-state index in [0.717, 1.165) is 36.8 Å². The molecule has 0 aromatic heterocycles. The van der Waals surface area contributed by atoms with Gasteiger partial charge >= 0.3 is 0 Å². The van der Waals surface area contributed by atoms with Gasteiger partial charge in [-0.15, -0.1) is 0 Å². The summed E-state index contributed by atoms with van der Waals surface area (Å²) in [4.78, 5) is 0. The number of ether oxygens (including phenoxy) is 2. The van der Waals surface area contributed by atoms with Gasteiger partial charge in [-0.3, -0.25) is 0 Å². The van der Waals surface area contributed by atoms with Crippen LogP contribution >= 0.6 is 0 Å². The van der Waals surface area contributed by atoms with Crippen LogP contribution in [-0.4, -0.2) is 13.2 Å². The first-order chi connectivity index (χ1) is 15.7. The number of rotatable bonds is 14. The van der Waals surface area contributed by atoms with E-state index in [1.54, 1.807) is 12.1 Å². The summed E-state index contributed by atoms with van der Waals surface area (Å²) in [5.74, 6) is 0.0117. The summed E-state index contributed by atoms with van der Waals surface area (Å²) in [7, 11) is 0. The average molecular weight is 445 g/mol. The van der Waals surface area contributed by atoms with Crippen molar-refractivity contribution < 1.29 is 18.3 Å². The Morgan fingerprint density at radius 1 is 0.594 bits per heavy atom. The summed E-state index contributed by atoms with van der Waals surface area (Å²) in [6.45, 7) is 5.35. The minimum atomic E-state index is -0.306. The van der Waals surface area contributed by atoms with Crippen LogP contribution in [0.2, 0.25) is 0 Å². The molecule has 1 aliphatic rings. The van der Waals surface area contributed by atoms with E-state index in [4.69, 9.17) is 9.47 Å². The standard InChI is InChI=1S/C28H38F2O2/c1-3-5-7-8-9-10-11-12-20-32-26-18-16-22-21-15-17-25(31-19-6-4-2)27(29)23(21)13-14-24(22)28(26)30/h15-18H,3-14,19-20H2,1-2H3. The van der Waals surface area contributed by atoms with E-state index in [9.17, 15) is 4.39 Å². The Morgan fingerprint density at radius 2 is 1.03 bits per heavy atom. The molecule has 0 heterocycles. The van der Waals surface area contributed by atoms with E-state index in [1.165, 1.54) is 38.5 Å². The molecule has 0 saturated carbocycles. The Hall–Kier alpha value is -2.10. The van der Waals surface area contributed by atoms with Gasteiger partial charge in [0.2, 0.25) is 0 Å². The van der Waals surface area contributed by atoms with Crippen molar-refractivity contribution in [3.63, 3.8) is 0 Å². The fourth-order valence-electron chi connectivity index (χ4n) is 4.41. The van der Waals surface area contributed by atoms with E-state index in [-0.39, 0.29) is 11.6 Å². The molecule has 32 heavy (non-hydrogen) atoms. The van der Waals surface area contributed by atoms with Crippen molar-refractivity contribution >= 4 is 0 Å². The first-order valence-electron chi connectivity index (χ1n) is 12.6. The van der Waals surface area contributed by atoms with Crippen molar-refractivity contribution in [2.45, 2.75) is 90.9 Å². The normalized spacial score (nSPS) is 12.4. The molecular weight excluding hydrogens is 406 g/mol. The van der Waals surface area contributed by atoms with E-state index in [1.807, 2.05) is 12.1 Å². The molecule has 0 saturated heterocycles. The SMILES string of the molecule is CCCCCCCCCCOc1ccc2c(c1F)CCc1c-2ccc(OCCCC)c1F. The molecular formula is C28H38F2O2. The van der Waals surface area contributed by atoms with Crippen LogP contribution in [-0.2, 0) is 12.8 Å². The zero-order valence-corrected chi connectivity index (χ0v) is 19.8. The van der Waals surface area contributed by atoms with Crippen LogP contribution in [0.4, 0.5) is 8.78 Å². The smallest absolute Gasteiger partial charge is 0.168 e. The van der Waals surface area contributed by atoms with Gasteiger partial charge in [-0.05, 0) is 60.1 Å². The highest BCUT2D eigenvalue weighted by molar-refractivity contribution is 5.75. The maximum absolute atomic E-state index is 15.1. The molecule has 0 aliphatic heterocycles. The minimum absolute atomic E-state index is 0.295. The third kappa shape index (κ3) is 6.24. The lowest BCUT2D eigenvalue weighted by Crippen LogP contribution is -2.11. The summed E-state index contributed by atoms with van der Waals surface area (Å²) in [5, 5.41) is 0. The number of hydrogen-bond acceptors (Lipinski definition) is 2. The summed E-state index contributed by atoms with van der Waals surface area (Å²) >= 11 is 0. The van der Waals surface area contributed by atoms with Crippen molar-refractivity contribution in [3.05, 3.63) is 47.0 Å². The third-order valence-corrected chi connectivity index (χ3v) is 6.34. The molecule has 4 heteroatoms. The maximum Gasteiger partial charge on any atom is 0.168 e. The molecule has 176 valence electrons. The second kappa shape index (κ2) is 12.8. The topological polar surface area (TPSA) is 18.5 Å². The Kier molecular flexibility index (Phi) is 9.83. The molecule has 0 unspecified atom stereocenters. The predicted molar refractivity (Wildman–Crippen MR) is 128 cm³/mol. The first kappa shape index (κ1) is 24.5. The molecule has 0 radical (unpaired) electrons. The molecule has 1 aliphatic carbocycles. The molecule has 2 nitrogen and oxygen atoms in total. The highest BCUT2D eigenvalue weighted by Gasteiger charge is 2.25. The highest BCUT2D eigenvalue weighted by atomic mass is 19.1. The lowest BCUT2D eigenvalue weighted by atomic mass is 9.84. The maximum atomic E-state index is 15.1. The van der Waals surface area contributed by atoms with E-state index >= 15 is 4.39 Å². The molecule has 0 fully saturated rings. The number of benzene rings is 2. The van der Waals surface area contributed by atoms with E-state index in [2.05, 4.69) is 13.8 Å². The molecule has 0 amide bonds. The summed E-state index contributed by atoms with van der Waals surface area (Å²) in [6, 6.07) is 7.09. The second-order valence-electron chi connectivity index (χ2n) is 8.83. The van der Waals surface area contributed by atoms with Crippen LogP contribution in [0.5, 0.6) is 11.5 Å². The van der Waals surface area contributed by atoms with Crippen molar-refractivity contribution in [2.24, 2.45) is 0 Å². The zero-order valence-electron chi connectivity index (χ0n) is 19.8. The quantitative estimate of drug-likeness (QED) is 0.272. The number of hydrogen-bond donors (Lipinski definition) is 0. The first-order valence-corrected chi connectivity index (χ1v) is 12.6. The minimum Gasteiger partial charge on any atom is -0.491 e. The van der Waals surface area contributed by atoms with Crippen molar-refractivity contribution in [1.29, 1.82) is 0 Å². The van der Waals surface area contributed by atoms with Crippen LogP contribution in [0.3, 0.4) is 0 Å². The van der Waals surface area contributed by atoms with Gasteiger partial charge in [0.05, 0.1) is 13.2 Å². The molecule has 0 bridgehead atoms. The monoisotopic (exact) mass is 444 g/mol. The molecule has 0 atom stereocenters. The van der Waals surface area contributed by atoms with E-state index < -0.39 is 0 Å². The Balaban J connectivity index is 1.57. The predicted octanol–water partition coefficient (Wildman–Crippen LogP) is 8.43. The number of fused-ring (bicyclic) bond motifs is 3. The number of halogens is 2. The summed E-state index contributed by atoms with van der Waals surface area (Å²) < 4.78 is 41.5. The van der Waals surface area contributed by atoms with Gasteiger partial charge in [0.25, 0.3) is 0 Å². The molecule has 0 N–H and O–H groups in total. The largest absolute Gasteiger partial charge is 0.491 e. The fraction of sp³-hybridized carbons (Fsp3) is 0.571. The fourth-order valence-corrected chi connectivity index (χ4v) is 4.41. The van der Waals surface area contributed by atoms with Crippen molar-refractivity contribution in [2.75, 3.05) is 13.2 Å². The zero-order chi connectivity index (χ0) is 22.8. The Morgan fingerprint density at radius 3 is 1.53 bits per heavy atom. The summed E-state index contributed by atoms with van der Waals surface area (Å²) in [5.41, 5.74) is 2.78. The van der Waals surface area contributed by atoms with Gasteiger partial charge < -0.3 is 9.47 Å². The van der Waals surface area contributed by atoms with Gasteiger partial charge in [-0.2, -0.15) is 0 Å².